The molecule has 0 saturated carbocycles. The highest BCUT2D eigenvalue weighted by molar-refractivity contribution is 7.33. The summed E-state index contributed by atoms with van der Waals surface area (Å²) in [6.45, 7) is 7.06. The van der Waals surface area contributed by atoms with Crippen molar-refractivity contribution < 1.29 is 13.6 Å². The number of hydrogen-bond donors (Lipinski definition) is 0. The molecule has 0 spiro atoms. The molecule has 1 aliphatic heterocycles. The Kier molecular flexibility index (Phi) is 14.9. The van der Waals surface area contributed by atoms with E-state index in [4.69, 9.17) is 9.05 Å². The van der Waals surface area contributed by atoms with Gasteiger partial charge in [0.15, 0.2) is 12.8 Å². The van der Waals surface area contributed by atoms with Gasteiger partial charge < -0.3 is 0 Å². The minimum atomic E-state index is -1.89. The first-order valence-electron chi connectivity index (χ1n) is 10.8. The van der Waals surface area contributed by atoms with Gasteiger partial charge in [0.1, 0.15) is 0 Å². The van der Waals surface area contributed by atoms with Gasteiger partial charge in [-0.3, -0.25) is 4.90 Å². The van der Waals surface area contributed by atoms with Crippen LogP contribution in [0.3, 0.4) is 0 Å². The van der Waals surface area contributed by atoms with Crippen LogP contribution in [0, 0.1) is 0 Å². The zero-order valence-corrected chi connectivity index (χ0v) is 17.6. The molecule has 0 amide bonds. The standard InChI is InChI=1S/C20H41NO3P/c1-3-5-7-9-11-12-14-16-18-21(20-19-23-25(22)24-20)17-15-13-10-8-6-4-2/h20H,3-19H2,1-2H3/q+1. The molecule has 148 valence electrons. The smallest absolute Gasteiger partial charge is 0.272 e. The molecule has 0 aliphatic carbocycles. The second-order valence-electron chi connectivity index (χ2n) is 7.36. The van der Waals surface area contributed by atoms with Crippen molar-refractivity contribution in [1.82, 2.24) is 4.90 Å². The summed E-state index contributed by atoms with van der Waals surface area (Å²) in [5, 5.41) is 0. The molecule has 1 aliphatic rings. The molecular weight excluding hydrogens is 333 g/mol. The lowest BCUT2D eigenvalue weighted by molar-refractivity contribution is 0.0399. The molecule has 2 atom stereocenters. The highest BCUT2D eigenvalue weighted by atomic mass is 31.1. The minimum Gasteiger partial charge on any atom is -0.272 e. The summed E-state index contributed by atoms with van der Waals surface area (Å²) in [6, 6.07) is 0. The minimum absolute atomic E-state index is 0.0937. The zero-order valence-electron chi connectivity index (χ0n) is 16.7. The third kappa shape index (κ3) is 12.1. The van der Waals surface area contributed by atoms with Crippen LogP contribution in [-0.4, -0.2) is 30.8 Å². The summed E-state index contributed by atoms with van der Waals surface area (Å²) in [4.78, 5) is 2.36. The van der Waals surface area contributed by atoms with Crippen molar-refractivity contribution in [2.75, 3.05) is 19.7 Å². The first-order chi connectivity index (χ1) is 12.3. The van der Waals surface area contributed by atoms with Crippen LogP contribution >= 0.6 is 8.25 Å². The number of nitrogens with zero attached hydrogens (tertiary/aromatic N) is 1. The largest absolute Gasteiger partial charge is 0.699 e. The summed E-state index contributed by atoms with van der Waals surface area (Å²) in [5.74, 6) is 0. The molecule has 1 heterocycles. The number of rotatable bonds is 17. The number of unbranched alkanes of at least 4 members (excludes halogenated alkanes) is 12. The Bertz CT molecular complexity index is 328. The van der Waals surface area contributed by atoms with Gasteiger partial charge >= 0.3 is 8.25 Å². The molecule has 1 saturated heterocycles. The molecule has 25 heavy (non-hydrogen) atoms. The fourth-order valence-corrected chi connectivity index (χ4v) is 4.10. The van der Waals surface area contributed by atoms with E-state index in [1.165, 1.54) is 89.9 Å². The SMILES string of the molecule is CCCCCCCCCCN(CCCCCCCC)C1CO[P+](=O)O1. The molecule has 0 radical (unpaired) electrons. The quantitative estimate of drug-likeness (QED) is 0.207. The van der Waals surface area contributed by atoms with Crippen molar-refractivity contribution in [3.63, 3.8) is 0 Å². The van der Waals surface area contributed by atoms with Gasteiger partial charge in [0.2, 0.25) is 0 Å². The Labute approximate surface area is 157 Å². The Hall–Kier alpha value is -0.0200. The van der Waals surface area contributed by atoms with E-state index >= 15 is 0 Å². The Morgan fingerprint density at radius 3 is 1.60 bits per heavy atom. The van der Waals surface area contributed by atoms with E-state index in [1.807, 2.05) is 0 Å². The van der Waals surface area contributed by atoms with Gasteiger partial charge in [-0.05, 0) is 12.8 Å². The monoisotopic (exact) mass is 374 g/mol. The Morgan fingerprint density at radius 2 is 1.20 bits per heavy atom. The average Bonchev–Trinajstić information content (AvgIpc) is 3.04. The van der Waals surface area contributed by atoms with E-state index in [0.717, 1.165) is 13.1 Å². The predicted octanol–water partition coefficient (Wildman–Crippen LogP) is 6.82. The molecule has 0 aromatic rings. The van der Waals surface area contributed by atoms with Gasteiger partial charge in [-0.25, -0.2) is 0 Å². The van der Waals surface area contributed by atoms with Crippen molar-refractivity contribution in [1.29, 1.82) is 0 Å². The first kappa shape index (κ1) is 23.0. The van der Waals surface area contributed by atoms with E-state index in [9.17, 15) is 4.57 Å². The van der Waals surface area contributed by atoms with Gasteiger partial charge in [-0.15, -0.1) is 4.52 Å². The van der Waals surface area contributed by atoms with Crippen LogP contribution in [0.15, 0.2) is 0 Å². The topological polar surface area (TPSA) is 38.8 Å². The summed E-state index contributed by atoms with van der Waals surface area (Å²) in [7, 11) is -1.89. The van der Waals surface area contributed by atoms with E-state index in [-0.39, 0.29) is 6.23 Å². The summed E-state index contributed by atoms with van der Waals surface area (Å²) >= 11 is 0. The van der Waals surface area contributed by atoms with Crippen LogP contribution in [0.1, 0.15) is 104 Å². The maximum Gasteiger partial charge on any atom is 0.699 e. The molecular formula is C20H41NO3P+. The van der Waals surface area contributed by atoms with Crippen molar-refractivity contribution in [3.8, 4) is 0 Å². The molecule has 0 aromatic carbocycles. The molecule has 5 heteroatoms. The van der Waals surface area contributed by atoms with Crippen LogP contribution in [-0.2, 0) is 13.6 Å². The van der Waals surface area contributed by atoms with Gasteiger partial charge in [-0.1, -0.05) is 95.4 Å². The maximum atomic E-state index is 11.4. The summed E-state index contributed by atoms with van der Waals surface area (Å²) < 4.78 is 22.0. The van der Waals surface area contributed by atoms with Crippen LogP contribution in [0.25, 0.3) is 0 Å². The van der Waals surface area contributed by atoms with E-state index in [1.54, 1.807) is 0 Å². The number of hydrogen-bond acceptors (Lipinski definition) is 4. The predicted molar refractivity (Wildman–Crippen MR) is 106 cm³/mol. The highest BCUT2D eigenvalue weighted by Crippen LogP contribution is 2.34. The van der Waals surface area contributed by atoms with Crippen molar-refractivity contribution in [2.24, 2.45) is 0 Å². The fraction of sp³-hybridized carbons (Fsp3) is 1.00. The third-order valence-corrected chi connectivity index (χ3v) is 5.81. The van der Waals surface area contributed by atoms with Crippen LogP contribution < -0.4 is 0 Å². The van der Waals surface area contributed by atoms with Gasteiger partial charge in [-0.2, -0.15) is 0 Å². The van der Waals surface area contributed by atoms with E-state index < -0.39 is 8.25 Å². The second-order valence-corrected chi connectivity index (χ2v) is 8.27. The van der Waals surface area contributed by atoms with Crippen molar-refractivity contribution in [3.05, 3.63) is 0 Å². The van der Waals surface area contributed by atoms with Crippen molar-refractivity contribution >= 4 is 8.25 Å². The van der Waals surface area contributed by atoms with E-state index in [0.29, 0.717) is 6.61 Å². The fourth-order valence-electron chi connectivity index (χ4n) is 3.40. The van der Waals surface area contributed by atoms with Crippen LogP contribution in [0.2, 0.25) is 0 Å². The van der Waals surface area contributed by atoms with Crippen LogP contribution in [0.5, 0.6) is 0 Å². The molecule has 0 aromatic heterocycles. The summed E-state index contributed by atoms with van der Waals surface area (Å²) in [5.41, 5.74) is 0. The Balaban J connectivity index is 2.14. The molecule has 4 nitrogen and oxygen atoms in total. The lowest BCUT2D eigenvalue weighted by atomic mass is 10.1. The normalized spacial score (nSPS) is 19.2. The first-order valence-corrected chi connectivity index (χ1v) is 11.9. The lowest BCUT2D eigenvalue weighted by Crippen LogP contribution is -2.38. The highest BCUT2D eigenvalue weighted by Gasteiger charge is 2.40. The van der Waals surface area contributed by atoms with Crippen LogP contribution in [0.4, 0.5) is 0 Å². The Morgan fingerprint density at radius 1 is 0.760 bits per heavy atom. The summed E-state index contributed by atoms with van der Waals surface area (Å²) in [6.07, 6.45) is 18.4. The van der Waals surface area contributed by atoms with Gasteiger partial charge in [0.05, 0.1) is 0 Å². The lowest BCUT2D eigenvalue weighted by Gasteiger charge is -2.24. The molecule has 2 unspecified atom stereocenters. The second kappa shape index (κ2) is 16.2. The maximum absolute atomic E-state index is 11.4. The third-order valence-electron chi connectivity index (χ3n) is 5.04. The molecule has 0 N–H and O–H groups in total. The average molecular weight is 375 g/mol. The van der Waals surface area contributed by atoms with E-state index in [2.05, 4.69) is 18.7 Å². The zero-order chi connectivity index (χ0) is 18.2. The van der Waals surface area contributed by atoms with Gasteiger partial charge in [0.25, 0.3) is 0 Å². The molecule has 0 bridgehead atoms. The van der Waals surface area contributed by atoms with Crippen molar-refractivity contribution in [2.45, 2.75) is 110 Å². The van der Waals surface area contributed by atoms with Gasteiger partial charge in [0, 0.05) is 17.7 Å². The molecule has 1 rings (SSSR count). The molecule has 1 fully saturated rings.